The Morgan fingerprint density at radius 3 is 2.73 bits per heavy atom. The third-order valence-corrected chi connectivity index (χ3v) is 2.60. The number of nitrogens with zero attached hydrogens (tertiary/aromatic N) is 1. The largest absolute Gasteiger partial charge is 0.377 e. The maximum absolute atomic E-state index is 11.7. The highest BCUT2D eigenvalue weighted by Crippen LogP contribution is 2.12. The van der Waals surface area contributed by atoms with Crippen molar-refractivity contribution in [2.24, 2.45) is 0 Å². The van der Waals surface area contributed by atoms with E-state index in [-0.39, 0.29) is 17.7 Å². The summed E-state index contributed by atoms with van der Waals surface area (Å²) < 4.78 is 0. The fourth-order valence-corrected chi connectivity index (χ4v) is 1.54. The van der Waals surface area contributed by atoms with E-state index in [1.54, 1.807) is 18.0 Å². The number of nitrogens with one attached hydrogen (secondary N) is 1. The van der Waals surface area contributed by atoms with Gasteiger partial charge in [0.2, 0.25) is 5.91 Å². The standard InChI is InChI=1S/C11H18N2O2/c1-4-13(3)11(15)8(2)12-9-5-6-10(14)7-9/h7-8,12H,4-6H2,1-3H3. The molecular weight excluding hydrogens is 192 g/mol. The van der Waals surface area contributed by atoms with Gasteiger partial charge in [0.05, 0.1) is 0 Å². The first-order valence-corrected chi connectivity index (χ1v) is 5.29. The molecule has 0 aromatic heterocycles. The van der Waals surface area contributed by atoms with E-state index in [0.717, 1.165) is 12.1 Å². The fraction of sp³-hybridized carbons (Fsp3) is 0.636. The van der Waals surface area contributed by atoms with E-state index in [1.807, 2.05) is 13.8 Å². The quantitative estimate of drug-likeness (QED) is 0.742. The highest BCUT2D eigenvalue weighted by Gasteiger charge is 2.19. The molecule has 15 heavy (non-hydrogen) atoms. The molecule has 0 aliphatic heterocycles. The monoisotopic (exact) mass is 210 g/mol. The highest BCUT2D eigenvalue weighted by atomic mass is 16.2. The number of hydrogen-bond donors (Lipinski definition) is 1. The minimum Gasteiger partial charge on any atom is -0.377 e. The molecule has 0 spiro atoms. The second-order valence-corrected chi connectivity index (χ2v) is 3.85. The summed E-state index contributed by atoms with van der Waals surface area (Å²) >= 11 is 0. The maximum atomic E-state index is 11.7. The van der Waals surface area contributed by atoms with Crippen molar-refractivity contribution >= 4 is 11.7 Å². The Labute approximate surface area is 90.3 Å². The molecule has 0 bridgehead atoms. The van der Waals surface area contributed by atoms with Gasteiger partial charge in [0, 0.05) is 31.8 Å². The summed E-state index contributed by atoms with van der Waals surface area (Å²) in [6.07, 6.45) is 2.88. The third-order valence-electron chi connectivity index (χ3n) is 2.60. The summed E-state index contributed by atoms with van der Waals surface area (Å²) in [5, 5.41) is 3.07. The summed E-state index contributed by atoms with van der Waals surface area (Å²) in [5.41, 5.74) is 0.880. The van der Waals surface area contributed by atoms with Gasteiger partial charge < -0.3 is 10.2 Å². The van der Waals surface area contributed by atoms with Crippen LogP contribution in [0.3, 0.4) is 0 Å². The normalized spacial score (nSPS) is 17.3. The molecule has 1 N–H and O–H groups in total. The predicted molar refractivity (Wildman–Crippen MR) is 58.2 cm³/mol. The molecule has 1 aliphatic rings. The van der Waals surface area contributed by atoms with Crippen LogP contribution in [0.25, 0.3) is 0 Å². The van der Waals surface area contributed by atoms with E-state index < -0.39 is 0 Å². The van der Waals surface area contributed by atoms with Gasteiger partial charge in [0.25, 0.3) is 0 Å². The minimum atomic E-state index is -0.257. The molecular formula is C11H18N2O2. The lowest BCUT2D eigenvalue weighted by atomic mass is 10.2. The first-order valence-electron chi connectivity index (χ1n) is 5.29. The van der Waals surface area contributed by atoms with Gasteiger partial charge in [-0.3, -0.25) is 9.59 Å². The second kappa shape index (κ2) is 4.96. The molecule has 0 aromatic rings. The molecule has 0 fully saturated rings. The lowest BCUT2D eigenvalue weighted by Gasteiger charge is -2.21. The summed E-state index contributed by atoms with van der Waals surface area (Å²) in [4.78, 5) is 24.3. The van der Waals surface area contributed by atoms with Crippen LogP contribution in [0.4, 0.5) is 0 Å². The van der Waals surface area contributed by atoms with Crippen LogP contribution in [-0.2, 0) is 9.59 Å². The van der Waals surface area contributed by atoms with E-state index in [2.05, 4.69) is 5.32 Å². The first kappa shape index (κ1) is 11.8. The smallest absolute Gasteiger partial charge is 0.244 e. The van der Waals surface area contributed by atoms with Crippen molar-refractivity contribution in [3.05, 3.63) is 11.8 Å². The van der Waals surface area contributed by atoms with Gasteiger partial charge in [-0.15, -0.1) is 0 Å². The minimum absolute atomic E-state index is 0.0535. The summed E-state index contributed by atoms with van der Waals surface area (Å²) in [5.74, 6) is 0.193. The van der Waals surface area contributed by atoms with Crippen LogP contribution >= 0.6 is 0 Å². The van der Waals surface area contributed by atoms with Gasteiger partial charge >= 0.3 is 0 Å². The number of carbonyl (C=O) groups is 2. The number of rotatable bonds is 4. The van der Waals surface area contributed by atoms with Crippen LogP contribution in [0, 0.1) is 0 Å². The topological polar surface area (TPSA) is 49.4 Å². The van der Waals surface area contributed by atoms with Crippen molar-refractivity contribution in [3.8, 4) is 0 Å². The third kappa shape index (κ3) is 3.08. The van der Waals surface area contributed by atoms with E-state index in [0.29, 0.717) is 13.0 Å². The van der Waals surface area contributed by atoms with Crippen LogP contribution < -0.4 is 5.32 Å². The lowest BCUT2D eigenvalue weighted by molar-refractivity contribution is -0.131. The molecule has 1 unspecified atom stereocenters. The SMILES string of the molecule is CCN(C)C(=O)C(C)NC1=CC(=O)CC1. The Hall–Kier alpha value is -1.32. The maximum Gasteiger partial charge on any atom is 0.244 e. The zero-order chi connectivity index (χ0) is 11.4. The molecule has 1 atom stereocenters. The van der Waals surface area contributed by atoms with Gasteiger partial charge in [-0.05, 0) is 20.3 Å². The van der Waals surface area contributed by atoms with Crippen LogP contribution in [0.5, 0.6) is 0 Å². The Morgan fingerprint density at radius 1 is 1.60 bits per heavy atom. The molecule has 0 aromatic carbocycles. The highest BCUT2D eigenvalue weighted by molar-refractivity contribution is 5.93. The molecule has 0 saturated carbocycles. The zero-order valence-electron chi connectivity index (χ0n) is 9.54. The average Bonchev–Trinajstić information content (AvgIpc) is 2.61. The number of amides is 1. The Balaban J connectivity index is 2.48. The summed E-state index contributed by atoms with van der Waals surface area (Å²) in [7, 11) is 1.77. The van der Waals surface area contributed by atoms with Crippen molar-refractivity contribution < 1.29 is 9.59 Å². The number of carbonyl (C=O) groups excluding carboxylic acids is 2. The average molecular weight is 210 g/mol. The Kier molecular flexibility index (Phi) is 3.88. The molecule has 4 heteroatoms. The molecule has 1 rings (SSSR count). The van der Waals surface area contributed by atoms with Crippen LogP contribution in [0.2, 0.25) is 0 Å². The van der Waals surface area contributed by atoms with E-state index in [1.165, 1.54) is 0 Å². The van der Waals surface area contributed by atoms with E-state index in [4.69, 9.17) is 0 Å². The summed E-state index contributed by atoms with van der Waals surface area (Å²) in [6, 6.07) is -0.257. The van der Waals surface area contributed by atoms with Crippen molar-refractivity contribution in [1.82, 2.24) is 10.2 Å². The predicted octanol–water partition coefficient (Wildman–Crippen LogP) is 0.690. The van der Waals surface area contributed by atoms with Crippen LogP contribution in [-0.4, -0.2) is 36.2 Å². The van der Waals surface area contributed by atoms with Crippen molar-refractivity contribution in [3.63, 3.8) is 0 Å². The van der Waals surface area contributed by atoms with Crippen molar-refractivity contribution in [2.45, 2.75) is 32.7 Å². The Morgan fingerprint density at radius 2 is 2.27 bits per heavy atom. The molecule has 1 amide bonds. The summed E-state index contributed by atoms with van der Waals surface area (Å²) in [6.45, 7) is 4.45. The Bertz CT molecular complexity index is 297. The second-order valence-electron chi connectivity index (χ2n) is 3.85. The van der Waals surface area contributed by atoms with Crippen LogP contribution in [0.1, 0.15) is 26.7 Å². The first-order chi connectivity index (χ1) is 7.04. The van der Waals surface area contributed by atoms with Gasteiger partial charge in [-0.25, -0.2) is 0 Å². The van der Waals surface area contributed by atoms with Crippen molar-refractivity contribution in [1.29, 1.82) is 0 Å². The zero-order valence-corrected chi connectivity index (χ0v) is 9.54. The molecule has 0 heterocycles. The molecule has 0 saturated heterocycles. The number of likely N-dealkylation sites (N-methyl/N-ethyl adjacent to an activating group) is 1. The lowest BCUT2D eigenvalue weighted by Crippen LogP contribution is -2.42. The molecule has 84 valence electrons. The van der Waals surface area contributed by atoms with Gasteiger partial charge in [-0.2, -0.15) is 0 Å². The molecule has 1 aliphatic carbocycles. The molecule has 0 radical (unpaired) electrons. The van der Waals surface area contributed by atoms with Gasteiger partial charge in [-0.1, -0.05) is 0 Å². The fourth-order valence-electron chi connectivity index (χ4n) is 1.54. The number of hydrogen-bond acceptors (Lipinski definition) is 3. The van der Waals surface area contributed by atoms with Crippen molar-refractivity contribution in [2.75, 3.05) is 13.6 Å². The number of allylic oxidation sites excluding steroid dienone is 2. The van der Waals surface area contributed by atoms with Gasteiger partial charge in [0.1, 0.15) is 6.04 Å². The van der Waals surface area contributed by atoms with Crippen LogP contribution in [0.15, 0.2) is 11.8 Å². The number of ketones is 1. The van der Waals surface area contributed by atoms with E-state index in [9.17, 15) is 9.59 Å². The van der Waals surface area contributed by atoms with E-state index >= 15 is 0 Å². The van der Waals surface area contributed by atoms with Gasteiger partial charge in [0.15, 0.2) is 5.78 Å². The molecule has 4 nitrogen and oxygen atoms in total.